The summed E-state index contributed by atoms with van der Waals surface area (Å²) >= 11 is 1.70. The molecular weight excluding hydrogens is 456 g/mol. The second-order valence-corrected chi connectivity index (χ2v) is 12.3. The van der Waals surface area contributed by atoms with Gasteiger partial charge in [-0.15, -0.1) is 11.3 Å². The zero-order valence-corrected chi connectivity index (χ0v) is 21.4. The van der Waals surface area contributed by atoms with E-state index < -0.39 is 10.0 Å². The number of piperazine rings is 1. The van der Waals surface area contributed by atoms with Crippen molar-refractivity contribution < 1.29 is 13.2 Å². The molecule has 0 aliphatic carbocycles. The minimum absolute atomic E-state index is 0.103. The van der Waals surface area contributed by atoms with Gasteiger partial charge >= 0.3 is 0 Å². The number of benzene rings is 1. The molecule has 2 unspecified atom stereocenters. The minimum Gasteiger partial charge on any atom is -0.336 e. The fourth-order valence-electron chi connectivity index (χ4n) is 4.85. The monoisotopic (exact) mass is 490 g/mol. The number of amides is 1. The summed E-state index contributed by atoms with van der Waals surface area (Å²) in [5, 5.41) is 3.27. The van der Waals surface area contributed by atoms with Gasteiger partial charge in [0.05, 0.1) is 15.6 Å². The van der Waals surface area contributed by atoms with E-state index in [1.54, 1.807) is 39.9 Å². The Hall–Kier alpha value is -1.81. The standard InChI is InChI=1S/C24H34N4O3S2/c1-4-23-25-21(17-32-23)16-26-8-10-27(11-9-26)24(29)20-6-5-7-22(13-20)33(30,31)28-14-18(2)12-19(3)15-28/h5-7,13,17-19H,4,8-12,14-16H2,1-3H3. The quantitative estimate of drug-likeness (QED) is 0.621. The van der Waals surface area contributed by atoms with Crippen molar-refractivity contribution in [2.24, 2.45) is 11.8 Å². The van der Waals surface area contributed by atoms with E-state index in [1.807, 2.05) is 4.90 Å². The highest BCUT2D eigenvalue weighted by Crippen LogP contribution is 2.27. The number of sulfonamides is 1. The zero-order valence-electron chi connectivity index (χ0n) is 19.7. The maximum Gasteiger partial charge on any atom is 0.253 e. The number of rotatable bonds is 6. The van der Waals surface area contributed by atoms with Gasteiger partial charge in [0.2, 0.25) is 10.0 Å². The normalized spacial score (nSPS) is 23.1. The molecule has 7 nitrogen and oxygen atoms in total. The molecule has 0 N–H and O–H groups in total. The van der Waals surface area contributed by atoms with Crippen LogP contribution in [0.5, 0.6) is 0 Å². The molecule has 2 fully saturated rings. The summed E-state index contributed by atoms with van der Waals surface area (Å²) in [6.45, 7) is 11.0. The highest BCUT2D eigenvalue weighted by atomic mass is 32.2. The van der Waals surface area contributed by atoms with Gasteiger partial charge in [-0.1, -0.05) is 26.8 Å². The van der Waals surface area contributed by atoms with E-state index in [2.05, 4.69) is 36.0 Å². The number of nitrogens with zero attached hydrogens (tertiary/aromatic N) is 4. The van der Waals surface area contributed by atoms with Gasteiger partial charge in [0.25, 0.3) is 5.91 Å². The van der Waals surface area contributed by atoms with Crippen LogP contribution in [0.3, 0.4) is 0 Å². The summed E-state index contributed by atoms with van der Waals surface area (Å²) in [5.74, 6) is 0.568. The van der Waals surface area contributed by atoms with Crippen molar-refractivity contribution in [3.8, 4) is 0 Å². The van der Waals surface area contributed by atoms with E-state index >= 15 is 0 Å². The molecule has 0 bridgehead atoms. The van der Waals surface area contributed by atoms with E-state index in [0.29, 0.717) is 43.6 Å². The molecular formula is C24H34N4O3S2. The van der Waals surface area contributed by atoms with Crippen molar-refractivity contribution in [3.05, 3.63) is 45.9 Å². The molecule has 33 heavy (non-hydrogen) atoms. The Morgan fingerprint density at radius 2 is 1.82 bits per heavy atom. The Labute approximate surface area is 201 Å². The van der Waals surface area contributed by atoms with E-state index in [0.717, 1.165) is 43.2 Å². The number of carbonyl (C=O) groups is 1. The number of hydrogen-bond acceptors (Lipinski definition) is 6. The third-order valence-electron chi connectivity index (χ3n) is 6.50. The molecule has 4 rings (SSSR count). The SMILES string of the molecule is CCc1nc(CN2CCN(C(=O)c3cccc(S(=O)(=O)N4CC(C)CC(C)C4)c3)CC2)cs1. The Kier molecular flexibility index (Phi) is 7.53. The van der Waals surface area contributed by atoms with Gasteiger partial charge in [0, 0.05) is 56.8 Å². The Morgan fingerprint density at radius 3 is 2.45 bits per heavy atom. The molecule has 2 aromatic rings. The van der Waals surface area contributed by atoms with Crippen molar-refractivity contribution >= 4 is 27.3 Å². The predicted octanol–water partition coefficient (Wildman–Crippen LogP) is 3.33. The first kappa shape index (κ1) is 24.3. The van der Waals surface area contributed by atoms with Gasteiger partial charge in [0.1, 0.15) is 0 Å². The molecule has 2 atom stereocenters. The second kappa shape index (κ2) is 10.2. The average Bonchev–Trinajstić information content (AvgIpc) is 3.26. The molecule has 1 aromatic heterocycles. The lowest BCUT2D eigenvalue weighted by Crippen LogP contribution is -2.48. The van der Waals surface area contributed by atoms with Gasteiger partial charge in [0.15, 0.2) is 0 Å². The van der Waals surface area contributed by atoms with Crippen LogP contribution >= 0.6 is 11.3 Å². The lowest BCUT2D eigenvalue weighted by molar-refractivity contribution is 0.0627. The molecule has 0 saturated carbocycles. The lowest BCUT2D eigenvalue weighted by atomic mass is 9.94. The van der Waals surface area contributed by atoms with Crippen molar-refractivity contribution in [2.45, 2.75) is 45.1 Å². The van der Waals surface area contributed by atoms with E-state index in [9.17, 15) is 13.2 Å². The first-order valence-corrected chi connectivity index (χ1v) is 14.1. The maximum absolute atomic E-state index is 13.3. The molecule has 9 heteroatoms. The fraction of sp³-hybridized carbons (Fsp3) is 0.583. The topological polar surface area (TPSA) is 73.8 Å². The molecule has 3 heterocycles. The lowest BCUT2D eigenvalue weighted by Gasteiger charge is -2.35. The smallest absolute Gasteiger partial charge is 0.253 e. The summed E-state index contributed by atoms with van der Waals surface area (Å²) in [6, 6.07) is 6.55. The van der Waals surface area contributed by atoms with Gasteiger partial charge in [-0.25, -0.2) is 13.4 Å². The van der Waals surface area contributed by atoms with Crippen LogP contribution in [-0.2, 0) is 23.0 Å². The van der Waals surface area contributed by atoms with Crippen LogP contribution in [0, 0.1) is 11.8 Å². The Balaban J connectivity index is 1.40. The minimum atomic E-state index is -3.61. The Morgan fingerprint density at radius 1 is 1.12 bits per heavy atom. The van der Waals surface area contributed by atoms with Gasteiger partial charge < -0.3 is 4.90 Å². The molecule has 2 aliphatic heterocycles. The van der Waals surface area contributed by atoms with Gasteiger partial charge in [-0.2, -0.15) is 4.31 Å². The van der Waals surface area contributed by atoms with Crippen LogP contribution < -0.4 is 0 Å². The number of aromatic nitrogens is 1. The highest BCUT2D eigenvalue weighted by molar-refractivity contribution is 7.89. The van der Waals surface area contributed by atoms with Gasteiger partial charge in [-0.3, -0.25) is 9.69 Å². The van der Waals surface area contributed by atoms with E-state index in [-0.39, 0.29) is 10.8 Å². The van der Waals surface area contributed by atoms with Crippen molar-refractivity contribution in [1.82, 2.24) is 19.1 Å². The van der Waals surface area contributed by atoms with Crippen LogP contribution in [0.15, 0.2) is 34.5 Å². The third-order valence-corrected chi connectivity index (χ3v) is 9.37. The molecule has 0 radical (unpaired) electrons. The predicted molar refractivity (Wildman–Crippen MR) is 131 cm³/mol. The Bertz CT molecular complexity index is 1070. The highest BCUT2D eigenvalue weighted by Gasteiger charge is 2.32. The van der Waals surface area contributed by atoms with Crippen LogP contribution in [0.25, 0.3) is 0 Å². The first-order chi connectivity index (χ1) is 15.8. The van der Waals surface area contributed by atoms with E-state index in [4.69, 9.17) is 0 Å². The summed E-state index contributed by atoms with van der Waals surface area (Å²) in [5.41, 5.74) is 1.53. The first-order valence-electron chi connectivity index (χ1n) is 11.8. The van der Waals surface area contributed by atoms with Crippen molar-refractivity contribution in [1.29, 1.82) is 0 Å². The van der Waals surface area contributed by atoms with Crippen molar-refractivity contribution in [2.75, 3.05) is 39.3 Å². The number of carbonyl (C=O) groups excluding carboxylic acids is 1. The van der Waals surface area contributed by atoms with Gasteiger partial charge in [-0.05, 0) is 42.9 Å². The summed E-state index contributed by atoms with van der Waals surface area (Å²) in [4.78, 5) is 22.1. The summed E-state index contributed by atoms with van der Waals surface area (Å²) < 4.78 is 28.1. The van der Waals surface area contributed by atoms with Crippen LogP contribution in [0.1, 0.15) is 48.3 Å². The molecule has 2 saturated heterocycles. The molecule has 1 amide bonds. The number of thiazole rings is 1. The second-order valence-electron chi connectivity index (χ2n) is 9.45. The number of piperidine rings is 1. The maximum atomic E-state index is 13.3. The third kappa shape index (κ3) is 5.65. The van der Waals surface area contributed by atoms with Crippen LogP contribution in [-0.4, -0.2) is 72.7 Å². The fourth-order valence-corrected chi connectivity index (χ4v) is 7.31. The largest absolute Gasteiger partial charge is 0.336 e. The van der Waals surface area contributed by atoms with Crippen LogP contribution in [0.4, 0.5) is 0 Å². The molecule has 1 aromatic carbocycles. The zero-order chi connectivity index (χ0) is 23.6. The summed E-state index contributed by atoms with van der Waals surface area (Å²) in [6.07, 6.45) is 2.00. The summed E-state index contributed by atoms with van der Waals surface area (Å²) in [7, 11) is -3.61. The van der Waals surface area contributed by atoms with Crippen LogP contribution in [0.2, 0.25) is 0 Å². The number of aryl methyl sites for hydroxylation is 1. The molecule has 180 valence electrons. The molecule has 0 spiro atoms. The number of hydrogen-bond donors (Lipinski definition) is 0. The van der Waals surface area contributed by atoms with Crippen molar-refractivity contribution in [3.63, 3.8) is 0 Å². The molecule has 2 aliphatic rings. The van der Waals surface area contributed by atoms with E-state index in [1.165, 1.54) is 0 Å². The average molecular weight is 491 g/mol.